The third-order valence-corrected chi connectivity index (χ3v) is 6.17. The number of anilines is 1. The molecular formula is C22H29ClN6O2. The average molecular weight is 445 g/mol. The number of nitrogens with one attached hydrogen (secondary N) is 1. The standard InChI is InChI=1S/C22H28N6O2.ClH/c1-14-9-16-12-24-28(19(16)10-18(14)17-3-4-23-13-20(17)29)22-11-21(25-15(2)26-22)27-5-7-30-8-6-27;/h9-12,17,20,23,29H,3-8,13H2,1-2H3;1H/t17-,20+;/m0./s1. The maximum Gasteiger partial charge on any atom is 0.159 e. The van der Waals surface area contributed by atoms with E-state index in [9.17, 15) is 5.11 Å². The summed E-state index contributed by atoms with van der Waals surface area (Å²) >= 11 is 0. The Morgan fingerprint density at radius 1 is 1.10 bits per heavy atom. The van der Waals surface area contributed by atoms with Crippen molar-refractivity contribution in [3.05, 3.63) is 41.3 Å². The Hall–Kier alpha value is -2.26. The molecule has 166 valence electrons. The first-order valence-electron chi connectivity index (χ1n) is 10.7. The fourth-order valence-electron chi connectivity index (χ4n) is 4.59. The van der Waals surface area contributed by atoms with Crippen LogP contribution < -0.4 is 10.2 Å². The highest BCUT2D eigenvalue weighted by Gasteiger charge is 2.26. The Bertz CT molecular complexity index is 1070. The Kier molecular flexibility index (Phi) is 6.43. The highest BCUT2D eigenvalue weighted by Crippen LogP contribution is 2.32. The van der Waals surface area contributed by atoms with Crippen molar-refractivity contribution in [3.8, 4) is 5.82 Å². The number of aryl methyl sites for hydroxylation is 2. The van der Waals surface area contributed by atoms with E-state index in [1.54, 1.807) is 0 Å². The predicted molar refractivity (Wildman–Crippen MR) is 123 cm³/mol. The van der Waals surface area contributed by atoms with Crippen molar-refractivity contribution >= 4 is 29.1 Å². The Morgan fingerprint density at radius 3 is 2.65 bits per heavy atom. The minimum absolute atomic E-state index is 0. The van der Waals surface area contributed by atoms with Gasteiger partial charge in [0.2, 0.25) is 0 Å². The lowest BCUT2D eigenvalue weighted by Gasteiger charge is -2.30. The van der Waals surface area contributed by atoms with Gasteiger partial charge in [0.1, 0.15) is 11.6 Å². The van der Waals surface area contributed by atoms with Gasteiger partial charge in [-0.2, -0.15) is 5.10 Å². The summed E-state index contributed by atoms with van der Waals surface area (Å²) in [4.78, 5) is 11.5. The fourth-order valence-corrected chi connectivity index (χ4v) is 4.59. The maximum atomic E-state index is 10.6. The molecule has 2 saturated heterocycles. The molecule has 2 aromatic heterocycles. The van der Waals surface area contributed by atoms with Crippen molar-refractivity contribution in [3.63, 3.8) is 0 Å². The number of ether oxygens (including phenoxy) is 1. The summed E-state index contributed by atoms with van der Waals surface area (Å²) < 4.78 is 7.37. The number of halogens is 1. The van der Waals surface area contributed by atoms with Crippen LogP contribution in [0.25, 0.3) is 16.7 Å². The molecule has 4 heterocycles. The van der Waals surface area contributed by atoms with Crippen molar-refractivity contribution in [2.24, 2.45) is 0 Å². The number of nitrogens with zero attached hydrogens (tertiary/aromatic N) is 5. The van der Waals surface area contributed by atoms with Gasteiger partial charge in [0.05, 0.1) is 31.0 Å². The van der Waals surface area contributed by atoms with E-state index >= 15 is 0 Å². The van der Waals surface area contributed by atoms with Gasteiger partial charge in [-0.15, -0.1) is 12.4 Å². The summed E-state index contributed by atoms with van der Waals surface area (Å²) in [5.74, 6) is 2.53. The second-order valence-corrected chi connectivity index (χ2v) is 8.22. The number of aliphatic hydroxyl groups excluding tert-OH is 1. The third kappa shape index (κ3) is 4.25. The predicted octanol–water partition coefficient (Wildman–Crippen LogP) is 2.13. The molecule has 0 unspecified atom stereocenters. The van der Waals surface area contributed by atoms with Crippen molar-refractivity contribution in [1.82, 2.24) is 25.1 Å². The van der Waals surface area contributed by atoms with Gasteiger partial charge in [-0.05, 0) is 50.1 Å². The number of aromatic nitrogens is 4. The lowest BCUT2D eigenvalue weighted by atomic mass is 9.85. The molecule has 2 aliphatic heterocycles. The smallest absolute Gasteiger partial charge is 0.159 e. The van der Waals surface area contributed by atoms with Gasteiger partial charge < -0.3 is 20.1 Å². The molecular weight excluding hydrogens is 416 g/mol. The average Bonchev–Trinajstić information content (AvgIpc) is 3.16. The van der Waals surface area contributed by atoms with Crippen molar-refractivity contribution < 1.29 is 9.84 Å². The zero-order valence-corrected chi connectivity index (χ0v) is 18.7. The number of rotatable bonds is 3. The lowest BCUT2D eigenvalue weighted by Crippen LogP contribution is -2.39. The minimum Gasteiger partial charge on any atom is -0.391 e. The van der Waals surface area contributed by atoms with Gasteiger partial charge in [-0.1, -0.05) is 0 Å². The molecule has 0 bridgehead atoms. The highest BCUT2D eigenvalue weighted by atomic mass is 35.5. The van der Waals surface area contributed by atoms with E-state index in [2.05, 4.69) is 44.3 Å². The van der Waals surface area contributed by atoms with Crippen molar-refractivity contribution in [2.75, 3.05) is 44.3 Å². The van der Waals surface area contributed by atoms with E-state index in [4.69, 9.17) is 4.74 Å². The van der Waals surface area contributed by atoms with Crippen LogP contribution in [0, 0.1) is 13.8 Å². The van der Waals surface area contributed by atoms with Crippen LogP contribution in [0.2, 0.25) is 0 Å². The summed E-state index contributed by atoms with van der Waals surface area (Å²) in [6, 6.07) is 6.35. The monoisotopic (exact) mass is 444 g/mol. The van der Waals surface area contributed by atoms with E-state index in [0.29, 0.717) is 19.8 Å². The van der Waals surface area contributed by atoms with Crippen LogP contribution in [0.5, 0.6) is 0 Å². The number of fused-ring (bicyclic) bond motifs is 1. The number of β-amino-alcohol motifs (C(OH)–C–C–N with tert-alkyl or cyclic N) is 1. The van der Waals surface area contributed by atoms with Crippen molar-refractivity contribution in [1.29, 1.82) is 0 Å². The molecule has 0 spiro atoms. The van der Waals surface area contributed by atoms with Gasteiger partial charge in [0.15, 0.2) is 5.82 Å². The molecule has 0 radical (unpaired) electrons. The lowest BCUT2D eigenvalue weighted by molar-refractivity contribution is 0.118. The largest absolute Gasteiger partial charge is 0.391 e. The molecule has 31 heavy (non-hydrogen) atoms. The quantitative estimate of drug-likeness (QED) is 0.639. The second kappa shape index (κ2) is 9.08. The fraction of sp³-hybridized carbons (Fsp3) is 0.500. The molecule has 0 amide bonds. The number of benzene rings is 1. The summed E-state index contributed by atoms with van der Waals surface area (Å²) in [6.07, 6.45) is 2.44. The molecule has 2 fully saturated rings. The van der Waals surface area contributed by atoms with Gasteiger partial charge in [-0.3, -0.25) is 0 Å². The van der Waals surface area contributed by atoms with Gasteiger partial charge >= 0.3 is 0 Å². The SMILES string of the molecule is Cc1nc(N2CCOCC2)cc(-n2ncc3cc(C)c([C@@H]4CCNC[C@H]4O)cc32)n1.Cl. The zero-order chi connectivity index (χ0) is 20.7. The van der Waals surface area contributed by atoms with E-state index in [1.807, 2.05) is 23.9 Å². The number of hydrogen-bond acceptors (Lipinski definition) is 7. The first-order valence-corrected chi connectivity index (χ1v) is 10.7. The van der Waals surface area contributed by atoms with Gasteiger partial charge in [0, 0.05) is 37.0 Å². The summed E-state index contributed by atoms with van der Waals surface area (Å²) in [5, 5.41) is 19.5. The first-order chi connectivity index (χ1) is 14.6. The molecule has 2 N–H and O–H groups in total. The van der Waals surface area contributed by atoms with Crippen LogP contribution in [-0.2, 0) is 4.74 Å². The minimum atomic E-state index is -0.375. The molecule has 0 saturated carbocycles. The molecule has 1 aromatic carbocycles. The van der Waals surface area contributed by atoms with Crippen molar-refractivity contribution in [2.45, 2.75) is 32.3 Å². The Morgan fingerprint density at radius 2 is 1.87 bits per heavy atom. The van der Waals surface area contributed by atoms with E-state index < -0.39 is 0 Å². The molecule has 8 nitrogen and oxygen atoms in total. The maximum absolute atomic E-state index is 10.6. The summed E-state index contributed by atoms with van der Waals surface area (Å²) in [5.41, 5.74) is 3.39. The highest BCUT2D eigenvalue weighted by molar-refractivity contribution is 5.85. The number of piperidine rings is 1. The van der Waals surface area contributed by atoms with Crippen LogP contribution in [0.3, 0.4) is 0 Å². The first kappa shape index (κ1) is 22.0. The number of hydrogen-bond donors (Lipinski definition) is 2. The van der Waals surface area contributed by atoms with Gasteiger partial charge in [0.25, 0.3) is 0 Å². The Balaban J connectivity index is 0.00000231. The molecule has 0 aliphatic carbocycles. The number of aliphatic hydroxyl groups is 1. The molecule has 3 aromatic rings. The van der Waals surface area contributed by atoms with Crippen LogP contribution in [0.15, 0.2) is 24.4 Å². The van der Waals surface area contributed by atoms with E-state index in [1.165, 1.54) is 11.1 Å². The third-order valence-electron chi connectivity index (χ3n) is 6.17. The molecule has 2 atom stereocenters. The molecule has 2 aliphatic rings. The number of morpholine rings is 1. The normalized spacial score (nSPS) is 21.8. The zero-order valence-electron chi connectivity index (χ0n) is 17.9. The summed E-state index contributed by atoms with van der Waals surface area (Å²) in [6.45, 7) is 8.67. The Labute approximate surface area is 188 Å². The van der Waals surface area contributed by atoms with Crippen LogP contribution in [0.1, 0.15) is 29.3 Å². The molecule has 5 rings (SSSR count). The van der Waals surface area contributed by atoms with Crippen LogP contribution in [-0.4, -0.2) is 70.4 Å². The van der Waals surface area contributed by atoms with E-state index in [-0.39, 0.29) is 24.4 Å². The van der Waals surface area contributed by atoms with Gasteiger partial charge in [-0.25, -0.2) is 14.6 Å². The summed E-state index contributed by atoms with van der Waals surface area (Å²) in [7, 11) is 0. The second-order valence-electron chi connectivity index (χ2n) is 8.22. The topological polar surface area (TPSA) is 88.3 Å². The van der Waals surface area contributed by atoms with Crippen LogP contribution in [0.4, 0.5) is 5.82 Å². The van der Waals surface area contributed by atoms with Crippen LogP contribution >= 0.6 is 12.4 Å². The van der Waals surface area contributed by atoms with E-state index in [0.717, 1.165) is 54.4 Å². The molecule has 9 heteroatoms.